The van der Waals surface area contributed by atoms with Gasteiger partial charge in [-0.25, -0.2) is 4.79 Å². The fraction of sp³-hybridized carbons (Fsp3) is 0.438. The first-order valence-corrected chi connectivity index (χ1v) is 6.76. The van der Waals surface area contributed by atoms with Gasteiger partial charge in [-0.05, 0) is 31.8 Å². The summed E-state index contributed by atoms with van der Waals surface area (Å²) in [6.45, 7) is 5.62. The Kier molecular flexibility index (Phi) is 6.72. The van der Waals surface area contributed by atoms with Crippen LogP contribution in [-0.4, -0.2) is 17.2 Å². The van der Waals surface area contributed by atoms with Crippen molar-refractivity contribution in [2.75, 3.05) is 0 Å². The molecule has 0 bridgehead atoms. The third kappa shape index (κ3) is 5.16. The maximum atomic E-state index is 11.1. The van der Waals surface area contributed by atoms with Gasteiger partial charge in [-0.3, -0.25) is 0 Å². The van der Waals surface area contributed by atoms with Crippen LogP contribution in [0.2, 0.25) is 0 Å². The van der Waals surface area contributed by atoms with E-state index in [4.69, 9.17) is 9.84 Å². The number of carbonyl (C=O) groups is 1. The summed E-state index contributed by atoms with van der Waals surface area (Å²) in [5, 5.41) is 9.13. The van der Waals surface area contributed by atoms with Crippen LogP contribution in [0.15, 0.2) is 48.3 Å². The zero-order chi connectivity index (χ0) is 14.1. The average molecular weight is 262 g/mol. The number of hydrogen-bond donors (Lipinski definition) is 1. The molecule has 3 nitrogen and oxygen atoms in total. The maximum absolute atomic E-state index is 11.1. The van der Waals surface area contributed by atoms with Gasteiger partial charge in [0, 0.05) is 5.57 Å². The molecule has 1 unspecified atom stereocenters. The lowest BCUT2D eigenvalue weighted by molar-refractivity contribution is -0.148. The molecule has 1 N–H and O–H groups in total. The van der Waals surface area contributed by atoms with Gasteiger partial charge >= 0.3 is 5.97 Å². The predicted molar refractivity (Wildman–Crippen MR) is 76.8 cm³/mol. The highest BCUT2D eigenvalue weighted by Crippen LogP contribution is 2.23. The molecule has 1 aliphatic rings. The van der Waals surface area contributed by atoms with E-state index in [0.29, 0.717) is 12.2 Å². The summed E-state index contributed by atoms with van der Waals surface area (Å²) in [6.07, 6.45) is 13.0. The average Bonchev–Trinajstić information content (AvgIpc) is 2.40. The highest BCUT2D eigenvalue weighted by molar-refractivity contribution is 5.72. The third-order valence-corrected chi connectivity index (χ3v) is 2.84. The highest BCUT2D eigenvalue weighted by Gasteiger charge is 2.20. The van der Waals surface area contributed by atoms with Crippen molar-refractivity contribution >= 4 is 5.97 Å². The van der Waals surface area contributed by atoms with Crippen LogP contribution in [0.1, 0.15) is 39.0 Å². The van der Waals surface area contributed by atoms with Crippen molar-refractivity contribution in [2.24, 2.45) is 0 Å². The van der Waals surface area contributed by atoms with E-state index in [9.17, 15) is 4.79 Å². The molecule has 104 valence electrons. The van der Waals surface area contributed by atoms with E-state index in [0.717, 1.165) is 31.3 Å². The minimum atomic E-state index is -0.900. The van der Waals surface area contributed by atoms with E-state index < -0.39 is 12.1 Å². The SMILES string of the molecule is C=CC/C=C/C1=CCCC=C1OC(CCC)C(=O)O. The maximum Gasteiger partial charge on any atom is 0.344 e. The molecule has 0 aromatic rings. The van der Waals surface area contributed by atoms with E-state index in [1.54, 1.807) is 0 Å². The van der Waals surface area contributed by atoms with Crippen LogP contribution in [-0.2, 0) is 9.53 Å². The molecule has 0 fully saturated rings. The Morgan fingerprint density at radius 1 is 1.53 bits per heavy atom. The monoisotopic (exact) mass is 262 g/mol. The van der Waals surface area contributed by atoms with E-state index >= 15 is 0 Å². The van der Waals surface area contributed by atoms with Gasteiger partial charge in [0.1, 0.15) is 5.76 Å². The molecule has 0 aliphatic heterocycles. The molecule has 1 rings (SSSR count). The van der Waals surface area contributed by atoms with Gasteiger partial charge in [0.15, 0.2) is 6.10 Å². The largest absolute Gasteiger partial charge is 0.479 e. The van der Waals surface area contributed by atoms with Crippen LogP contribution >= 0.6 is 0 Å². The number of allylic oxidation sites excluding steroid dienone is 5. The lowest BCUT2D eigenvalue weighted by Gasteiger charge is -2.20. The standard InChI is InChI=1S/C16H22O3/c1-3-5-6-10-13-11-7-8-12-14(13)19-15(9-4-2)16(17)18/h3,6,10-12,15H,1,4-5,7-9H2,2H3,(H,17,18)/b10-6+. The quantitative estimate of drug-likeness (QED) is 0.673. The van der Waals surface area contributed by atoms with Gasteiger partial charge in [0.25, 0.3) is 0 Å². The third-order valence-electron chi connectivity index (χ3n) is 2.84. The van der Waals surface area contributed by atoms with Crippen molar-refractivity contribution in [1.29, 1.82) is 0 Å². The molecule has 0 aromatic heterocycles. The normalized spacial score (nSPS) is 16.7. The number of ether oxygens (including phenoxy) is 1. The first-order valence-electron chi connectivity index (χ1n) is 6.76. The second-order valence-electron chi connectivity index (χ2n) is 4.47. The summed E-state index contributed by atoms with van der Waals surface area (Å²) >= 11 is 0. The van der Waals surface area contributed by atoms with Gasteiger partial charge in [-0.1, -0.05) is 37.6 Å². The van der Waals surface area contributed by atoms with Gasteiger partial charge in [0.2, 0.25) is 0 Å². The van der Waals surface area contributed by atoms with Crippen molar-refractivity contribution in [3.05, 3.63) is 48.3 Å². The van der Waals surface area contributed by atoms with Crippen molar-refractivity contribution < 1.29 is 14.6 Å². The Morgan fingerprint density at radius 2 is 2.26 bits per heavy atom. The molecule has 0 saturated heterocycles. The second-order valence-corrected chi connectivity index (χ2v) is 4.47. The summed E-state index contributed by atoms with van der Waals surface area (Å²) in [5.41, 5.74) is 0.968. The summed E-state index contributed by atoms with van der Waals surface area (Å²) in [6, 6.07) is 0. The molecule has 1 aliphatic carbocycles. The first kappa shape index (κ1) is 15.3. The smallest absolute Gasteiger partial charge is 0.344 e. The van der Waals surface area contributed by atoms with Gasteiger partial charge in [-0.2, -0.15) is 0 Å². The fourth-order valence-electron chi connectivity index (χ4n) is 1.88. The molecule has 0 amide bonds. The summed E-state index contributed by atoms with van der Waals surface area (Å²) in [4.78, 5) is 11.1. The number of aliphatic carboxylic acids is 1. The van der Waals surface area contributed by atoms with Crippen LogP contribution in [0.5, 0.6) is 0 Å². The lowest BCUT2D eigenvalue weighted by Crippen LogP contribution is -2.24. The molecule has 0 aromatic carbocycles. The lowest BCUT2D eigenvalue weighted by atomic mass is 10.0. The molecular weight excluding hydrogens is 240 g/mol. The molecule has 3 heteroatoms. The van der Waals surface area contributed by atoms with E-state index in [1.165, 1.54) is 0 Å². The first-order chi connectivity index (χ1) is 9.19. The molecule has 0 radical (unpaired) electrons. The summed E-state index contributed by atoms with van der Waals surface area (Å²) in [5.74, 6) is -0.213. The Bertz CT molecular complexity index is 402. The minimum absolute atomic E-state index is 0.524. The highest BCUT2D eigenvalue weighted by atomic mass is 16.5. The van der Waals surface area contributed by atoms with Crippen LogP contribution in [0.4, 0.5) is 0 Å². The predicted octanol–water partition coefficient (Wildman–Crippen LogP) is 3.99. The Balaban J connectivity index is 2.72. The molecule has 0 spiro atoms. The number of hydrogen-bond acceptors (Lipinski definition) is 2. The van der Waals surface area contributed by atoms with Crippen LogP contribution < -0.4 is 0 Å². The summed E-state index contributed by atoms with van der Waals surface area (Å²) < 4.78 is 5.65. The van der Waals surface area contributed by atoms with Crippen LogP contribution in [0.3, 0.4) is 0 Å². The Labute approximate surface area is 115 Å². The van der Waals surface area contributed by atoms with Crippen molar-refractivity contribution in [3.8, 4) is 0 Å². The molecule has 19 heavy (non-hydrogen) atoms. The zero-order valence-corrected chi connectivity index (χ0v) is 11.5. The Hall–Kier alpha value is -1.77. The fourth-order valence-corrected chi connectivity index (χ4v) is 1.88. The van der Waals surface area contributed by atoms with Crippen LogP contribution in [0, 0.1) is 0 Å². The van der Waals surface area contributed by atoms with Crippen molar-refractivity contribution in [3.63, 3.8) is 0 Å². The Morgan fingerprint density at radius 3 is 2.89 bits per heavy atom. The van der Waals surface area contributed by atoms with Gasteiger partial charge < -0.3 is 9.84 Å². The topological polar surface area (TPSA) is 46.5 Å². The molecule has 0 saturated carbocycles. The molecular formula is C16H22O3. The summed E-state index contributed by atoms with van der Waals surface area (Å²) in [7, 11) is 0. The minimum Gasteiger partial charge on any atom is -0.479 e. The van der Waals surface area contributed by atoms with Gasteiger partial charge in [0.05, 0.1) is 0 Å². The van der Waals surface area contributed by atoms with Crippen molar-refractivity contribution in [2.45, 2.75) is 45.1 Å². The van der Waals surface area contributed by atoms with E-state index in [2.05, 4.69) is 12.7 Å². The zero-order valence-electron chi connectivity index (χ0n) is 11.5. The molecule has 0 heterocycles. The van der Waals surface area contributed by atoms with E-state index in [1.807, 2.05) is 31.2 Å². The number of rotatable bonds is 8. The van der Waals surface area contributed by atoms with Crippen molar-refractivity contribution in [1.82, 2.24) is 0 Å². The molecule has 1 atom stereocenters. The van der Waals surface area contributed by atoms with Gasteiger partial charge in [-0.15, -0.1) is 6.58 Å². The second kappa shape index (κ2) is 8.35. The number of carboxylic acid groups (broad SMARTS) is 1. The van der Waals surface area contributed by atoms with Crippen LogP contribution in [0.25, 0.3) is 0 Å². The number of carboxylic acids is 1. The van der Waals surface area contributed by atoms with E-state index in [-0.39, 0.29) is 0 Å².